The van der Waals surface area contributed by atoms with Gasteiger partial charge in [0, 0.05) is 10.9 Å². The van der Waals surface area contributed by atoms with E-state index in [2.05, 4.69) is 13.5 Å². The molecule has 0 atom stereocenters. The van der Waals surface area contributed by atoms with Gasteiger partial charge in [0.05, 0.1) is 0 Å². The molecule has 0 saturated carbocycles. The standard InChI is InChI=1S/C17H20O2/c1-3-5-6-10-13-14-11-7-8-12-16(14)19-17(18)15(13)9-4-2/h4,7-8,11-12H,2-3,5-6,9-10H2,1H3. The van der Waals surface area contributed by atoms with Gasteiger partial charge in [-0.05, 0) is 30.9 Å². The maximum absolute atomic E-state index is 12.1. The summed E-state index contributed by atoms with van der Waals surface area (Å²) in [4.78, 5) is 12.1. The average Bonchev–Trinajstić information content (AvgIpc) is 2.42. The third-order valence-electron chi connectivity index (χ3n) is 3.40. The second kappa shape index (κ2) is 6.37. The zero-order valence-corrected chi connectivity index (χ0v) is 11.4. The van der Waals surface area contributed by atoms with Gasteiger partial charge in [-0.2, -0.15) is 0 Å². The molecular weight excluding hydrogens is 236 g/mol. The molecule has 100 valence electrons. The Morgan fingerprint density at radius 2 is 2.00 bits per heavy atom. The second-order valence-corrected chi connectivity index (χ2v) is 4.79. The Bertz CT molecular complexity index is 623. The van der Waals surface area contributed by atoms with Crippen LogP contribution in [0, 0.1) is 0 Å². The molecule has 2 nitrogen and oxygen atoms in total. The van der Waals surface area contributed by atoms with Gasteiger partial charge in [-0.3, -0.25) is 0 Å². The van der Waals surface area contributed by atoms with Gasteiger partial charge in [-0.15, -0.1) is 6.58 Å². The molecule has 0 amide bonds. The van der Waals surface area contributed by atoms with Crippen LogP contribution < -0.4 is 5.63 Å². The predicted molar refractivity (Wildman–Crippen MR) is 79.6 cm³/mol. The maximum Gasteiger partial charge on any atom is 0.340 e. The van der Waals surface area contributed by atoms with Crippen molar-refractivity contribution in [1.29, 1.82) is 0 Å². The lowest BCUT2D eigenvalue weighted by atomic mass is 9.97. The Kier molecular flexibility index (Phi) is 4.56. The summed E-state index contributed by atoms with van der Waals surface area (Å²) in [5.41, 5.74) is 2.38. The van der Waals surface area contributed by atoms with Crippen molar-refractivity contribution < 1.29 is 4.42 Å². The molecular formula is C17H20O2. The summed E-state index contributed by atoms with van der Waals surface area (Å²) in [5, 5.41) is 1.06. The molecule has 19 heavy (non-hydrogen) atoms. The van der Waals surface area contributed by atoms with Crippen LogP contribution in [0.4, 0.5) is 0 Å². The molecule has 0 spiro atoms. The molecule has 0 aliphatic rings. The van der Waals surface area contributed by atoms with Crippen LogP contribution in [-0.2, 0) is 12.8 Å². The fourth-order valence-corrected chi connectivity index (χ4v) is 2.44. The van der Waals surface area contributed by atoms with E-state index < -0.39 is 0 Å². The number of hydrogen-bond donors (Lipinski definition) is 0. The first-order valence-corrected chi connectivity index (χ1v) is 6.92. The Morgan fingerprint density at radius 3 is 2.74 bits per heavy atom. The van der Waals surface area contributed by atoms with Crippen LogP contribution in [0.2, 0.25) is 0 Å². The molecule has 0 fully saturated rings. The number of rotatable bonds is 6. The van der Waals surface area contributed by atoms with Gasteiger partial charge >= 0.3 is 5.63 Å². The number of allylic oxidation sites excluding steroid dienone is 1. The van der Waals surface area contributed by atoms with Crippen molar-refractivity contribution in [1.82, 2.24) is 0 Å². The first kappa shape index (κ1) is 13.6. The van der Waals surface area contributed by atoms with Crippen molar-refractivity contribution in [3.63, 3.8) is 0 Å². The molecule has 2 rings (SSSR count). The molecule has 1 aromatic carbocycles. The van der Waals surface area contributed by atoms with E-state index in [1.54, 1.807) is 6.08 Å². The molecule has 0 bridgehead atoms. The Labute approximate surface area is 113 Å². The number of hydrogen-bond acceptors (Lipinski definition) is 2. The van der Waals surface area contributed by atoms with Crippen molar-refractivity contribution in [2.75, 3.05) is 0 Å². The van der Waals surface area contributed by atoms with E-state index in [1.807, 2.05) is 24.3 Å². The average molecular weight is 256 g/mol. The largest absolute Gasteiger partial charge is 0.423 e. The van der Waals surface area contributed by atoms with Crippen LogP contribution in [-0.4, -0.2) is 0 Å². The number of para-hydroxylation sites is 1. The second-order valence-electron chi connectivity index (χ2n) is 4.79. The zero-order chi connectivity index (χ0) is 13.7. The summed E-state index contributed by atoms with van der Waals surface area (Å²) in [6.45, 7) is 5.92. The molecule has 0 saturated heterocycles. The number of unbranched alkanes of at least 4 members (excludes halogenated alkanes) is 2. The van der Waals surface area contributed by atoms with Crippen LogP contribution in [0.3, 0.4) is 0 Å². The summed E-state index contributed by atoms with van der Waals surface area (Å²) >= 11 is 0. The Morgan fingerprint density at radius 1 is 1.21 bits per heavy atom. The maximum atomic E-state index is 12.1. The van der Waals surface area contributed by atoms with Crippen LogP contribution in [0.5, 0.6) is 0 Å². The SMILES string of the molecule is C=CCc1c(CCCCC)c2ccccc2oc1=O. The van der Waals surface area contributed by atoms with Gasteiger partial charge in [0.15, 0.2) is 0 Å². The molecule has 2 aromatic rings. The Hall–Kier alpha value is -1.83. The highest BCUT2D eigenvalue weighted by Gasteiger charge is 2.12. The summed E-state index contributed by atoms with van der Waals surface area (Å²) in [6.07, 6.45) is 6.74. The lowest BCUT2D eigenvalue weighted by Crippen LogP contribution is -2.11. The van der Waals surface area contributed by atoms with Crippen molar-refractivity contribution in [3.8, 4) is 0 Å². The highest BCUT2D eigenvalue weighted by molar-refractivity contribution is 5.81. The van der Waals surface area contributed by atoms with E-state index in [-0.39, 0.29) is 5.63 Å². The minimum atomic E-state index is -0.218. The van der Waals surface area contributed by atoms with Gasteiger partial charge in [0.25, 0.3) is 0 Å². The fraction of sp³-hybridized carbons (Fsp3) is 0.353. The lowest BCUT2D eigenvalue weighted by Gasteiger charge is -2.10. The monoisotopic (exact) mass is 256 g/mol. The zero-order valence-electron chi connectivity index (χ0n) is 11.4. The smallest absolute Gasteiger partial charge is 0.340 e. The lowest BCUT2D eigenvalue weighted by molar-refractivity contribution is 0.549. The molecule has 0 radical (unpaired) electrons. The summed E-state index contributed by atoms with van der Waals surface area (Å²) < 4.78 is 5.39. The molecule has 1 heterocycles. The van der Waals surface area contributed by atoms with Crippen molar-refractivity contribution in [2.24, 2.45) is 0 Å². The number of aryl methyl sites for hydroxylation is 1. The normalized spacial score (nSPS) is 10.8. The minimum Gasteiger partial charge on any atom is -0.423 e. The Balaban J connectivity index is 2.55. The van der Waals surface area contributed by atoms with Crippen LogP contribution in [0.15, 0.2) is 46.1 Å². The van der Waals surface area contributed by atoms with Gasteiger partial charge in [0.1, 0.15) is 5.58 Å². The molecule has 0 N–H and O–H groups in total. The number of benzene rings is 1. The van der Waals surface area contributed by atoms with E-state index in [9.17, 15) is 4.79 Å². The summed E-state index contributed by atoms with van der Waals surface area (Å²) in [5.74, 6) is 0. The summed E-state index contributed by atoms with van der Waals surface area (Å²) in [6, 6.07) is 7.78. The van der Waals surface area contributed by atoms with Gasteiger partial charge < -0.3 is 4.42 Å². The fourth-order valence-electron chi connectivity index (χ4n) is 2.44. The van der Waals surface area contributed by atoms with Gasteiger partial charge in [-0.25, -0.2) is 4.79 Å². The first-order chi connectivity index (χ1) is 9.27. The van der Waals surface area contributed by atoms with Crippen LogP contribution in [0.25, 0.3) is 11.0 Å². The predicted octanol–water partition coefficient (Wildman–Crippen LogP) is 4.25. The highest BCUT2D eigenvalue weighted by atomic mass is 16.4. The summed E-state index contributed by atoms with van der Waals surface area (Å²) in [7, 11) is 0. The van der Waals surface area contributed by atoms with E-state index in [0.717, 1.165) is 29.4 Å². The topological polar surface area (TPSA) is 30.2 Å². The van der Waals surface area contributed by atoms with Crippen LogP contribution in [0.1, 0.15) is 37.3 Å². The van der Waals surface area contributed by atoms with E-state index in [4.69, 9.17) is 4.42 Å². The minimum absolute atomic E-state index is 0.218. The molecule has 1 aromatic heterocycles. The molecule has 2 heteroatoms. The van der Waals surface area contributed by atoms with E-state index in [1.165, 1.54) is 12.8 Å². The van der Waals surface area contributed by atoms with E-state index in [0.29, 0.717) is 12.0 Å². The molecule has 0 aliphatic carbocycles. The third kappa shape index (κ3) is 2.95. The third-order valence-corrected chi connectivity index (χ3v) is 3.40. The van der Waals surface area contributed by atoms with Crippen molar-refractivity contribution >= 4 is 11.0 Å². The van der Waals surface area contributed by atoms with Crippen molar-refractivity contribution in [3.05, 3.63) is 58.5 Å². The van der Waals surface area contributed by atoms with Crippen LogP contribution >= 0.6 is 0 Å². The number of fused-ring (bicyclic) bond motifs is 1. The van der Waals surface area contributed by atoms with Crippen molar-refractivity contribution in [2.45, 2.75) is 39.0 Å². The quantitative estimate of drug-likeness (QED) is 0.439. The van der Waals surface area contributed by atoms with Gasteiger partial charge in [0.2, 0.25) is 0 Å². The molecule has 0 aliphatic heterocycles. The highest BCUT2D eigenvalue weighted by Crippen LogP contribution is 2.22. The van der Waals surface area contributed by atoms with E-state index >= 15 is 0 Å². The van der Waals surface area contributed by atoms with Gasteiger partial charge in [-0.1, -0.05) is 44.0 Å². The molecule has 0 unspecified atom stereocenters. The first-order valence-electron chi connectivity index (χ1n) is 6.92.